The highest BCUT2D eigenvalue weighted by Crippen LogP contribution is 2.31. The Morgan fingerprint density at radius 3 is 0.631 bits per heavy atom. The molecule has 0 heterocycles. The first-order chi connectivity index (χ1) is 58.3. The van der Waals surface area contributed by atoms with E-state index in [0.717, 1.165) is 59.9 Å². The van der Waals surface area contributed by atoms with E-state index in [9.17, 15) is 0 Å². The number of hydrogen-bond acceptors (Lipinski definition) is 28. The summed E-state index contributed by atoms with van der Waals surface area (Å²) in [5.74, 6) is 0. The van der Waals surface area contributed by atoms with Crippen LogP contribution in [0.5, 0.6) is 0 Å². The fraction of sp³-hybridized carbons (Fsp3) is 0.714. The molecular formula is C84H176O28Si10. The second-order valence-electron chi connectivity index (χ2n) is 25.3. The third-order valence-electron chi connectivity index (χ3n) is 18.6. The maximum atomic E-state index is 5.92. The maximum Gasteiger partial charge on any atom is 0.537 e. The molecule has 0 aliphatic heterocycles. The van der Waals surface area contributed by atoms with E-state index in [0.29, 0.717) is 79.3 Å². The van der Waals surface area contributed by atoms with Crippen LogP contribution in [0.3, 0.4) is 0 Å². The third kappa shape index (κ3) is 50.9. The van der Waals surface area contributed by atoms with Crippen LogP contribution in [-0.4, -0.2) is 280 Å². The molecule has 122 heavy (non-hydrogen) atoms. The highest BCUT2D eigenvalue weighted by Gasteiger charge is 2.49. The largest absolute Gasteiger partial charge is 0.537 e. The van der Waals surface area contributed by atoms with E-state index in [-0.39, 0.29) is 11.1 Å². The van der Waals surface area contributed by atoms with Gasteiger partial charge >= 0.3 is 87.6 Å². The first kappa shape index (κ1) is 131. The van der Waals surface area contributed by atoms with Gasteiger partial charge in [0.15, 0.2) is 0 Å². The molecule has 0 spiro atoms. The number of rotatable bonds is 54. The van der Waals surface area contributed by atoms with Crippen LogP contribution in [0.2, 0.25) is 49.4 Å². The van der Waals surface area contributed by atoms with Gasteiger partial charge in [0.05, 0.1) is 11.1 Å². The molecule has 28 nitrogen and oxygen atoms in total. The van der Waals surface area contributed by atoms with E-state index >= 15 is 0 Å². The van der Waals surface area contributed by atoms with Crippen LogP contribution in [0.4, 0.5) is 0 Å². The summed E-state index contributed by atoms with van der Waals surface area (Å²) in [5, 5.41) is 2.00. The van der Waals surface area contributed by atoms with Gasteiger partial charge in [-0.05, 0) is 132 Å². The van der Waals surface area contributed by atoms with Gasteiger partial charge in [-0.25, -0.2) is 0 Å². The van der Waals surface area contributed by atoms with Crippen LogP contribution in [0.15, 0.2) is 121 Å². The molecule has 4 aromatic carbocycles. The molecule has 0 bridgehead atoms. The summed E-state index contributed by atoms with van der Waals surface area (Å²) >= 11 is 0. The zero-order valence-electron chi connectivity index (χ0n) is 83.3. The first-order valence-electron chi connectivity index (χ1n) is 43.2. The average Bonchev–Trinajstić information content (AvgIpc) is 0.826. The van der Waals surface area contributed by atoms with Crippen molar-refractivity contribution < 1.29 is 124 Å². The van der Waals surface area contributed by atoms with Gasteiger partial charge in [0.1, 0.15) is 0 Å². The zero-order valence-corrected chi connectivity index (χ0v) is 93.3. The minimum atomic E-state index is -2.67. The van der Waals surface area contributed by atoms with Crippen LogP contribution in [-0.2, 0) is 124 Å². The zero-order chi connectivity index (χ0) is 94.5. The molecule has 2 atom stereocenters. The van der Waals surface area contributed by atoms with Gasteiger partial charge in [-0.1, -0.05) is 177 Å². The van der Waals surface area contributed by atoms with E-state index in [4.69, 9.17) is 124 Å². The first-order valence-corrected chi connectivity index (χ1v) is 63.0. The van der Waals surface area contributed by atoms with E-state index in [1.807, 2.05) is 221 Å². The topological polar surface area (TPSA) is 258 Å². The average molecular weight is 1920 g/mol. The Morgan fingerprint density at radius 1 is 0.205 bits per heavy atom. The fourth-order valence-electron chi connectivity index (χ4n) is 11.7. The number of benzene rings is 4. The molecule has 4 aromatic rings. The maximum absolute atomic E-state index is 5.92. The third-order valence-corrected chi connectivity index (χ3v) is 48.7. The van der Waals surface area contributed by atoms with Crippen molar-refractivity contribution in [2.24, 2.45) is 0 Å². The summed E-state index contributed by atoms with van der Waals surface area (Å²) in [6, 6.07) is 45.9. The molecule has 0 aliphatic carbocycles. The second-order valence-corrected chi connectivity index (χ2v) is 56.6. The smallest absolute Gasteiger partial charge is 0.398 e. The Kier molecular flexibility index (Phi) is 85.5. The van der Waals surface area contributed by atoms with Gasteiger partial charge in [-0.15, -0.1) is 0 Å². The van der Waals surface area contributed by atoms with Crippen LogP contribution in [0.25, 0.3) is 0 Å². The van der Waals surface area contributed by atoms with E-state index in [2.05, 4.69) is 65.8 Å². The minimum absolute atomic E-state index is 0.138. The molecule has 720 valence electrons. The van der Waals surface area contributed by atoms with Crippen LogP contribution in [0, 0.1) is 0 Å². The Balaban J connectivity index is -0.000000309. The van der Waals surface area contributed by atoms with E-state index < -0.39 is 87.6 Å². The Morgan fingerprint density at radius 2 is 0.451 bits per heavy atom. The molecule has 4 rings (SSSR count). The van der Waals surface area contributed by atoms with Crippen molar-refractivity contribution in [1.82, 2.24) is 0 Å². The van der Waals surface area contributed by atoms with Gasteiger partial charge in [-0.3, -0.25) is 0 Å². The predicted octanol–water partition coefficient (Wildman–Crippen LogP) is 17.7. The highest BCUT2D eigenvalue weighted by molar-refractivity contribution is 6.76. The van der Waals surface area contributed by atoms with Crippen LogP contribution < -0.4 is 10.4 Å². The Labute approximate surface area is 754 Å². The standard InChI is InChI=1S/C14H24O3Si.C12H20O3Si.C11H18O3Si.C9H14O3Si.C8H20O3Si.C8H20O2Si.C7H18O3Si.C6H16O2Si.C5H14O3Si.C4H12O3Si/c1-5-15-18(16-6-2,17-7-3)13(4)14-11-9-8-10-12-14;1-4-13-16(14-5-2,15-6-3)12-10-8-7-9-11-12;1-10(11-8-6-5-7-9-11)15(12-2,13-3)14-4;1-10-13(11-2,12-3)9-7-5-4-6-8-9;1-5-9-12(8-4,10-6-2)11-7-3;1-5-9-11(7-3,8-4)10-6-2;1-5-8-11(4,9-6-2)10-7-3;2*1-5-9(6-2,7-3)8-4;1-5-8(4,6-2)7-3/h8-13H,5-7H2,1-4H3;7-11H,4-6H2,1-3H3;5-10H,1-4H3;4-8H,1-3H3;5-8H2,1-4H3;5-8H2,1-4H3;5-7H2,1-4H3;5-6H2,1-4H3;5H2,1-4H3;1-4H3. The molecule has 0 fully saturated rings. The van der Waals surface area contributed by atoms with Crippen LogP contribution in [0.1, 0.15) is 175 Å². The van der Waals surface area contributed by atoms with Gasteiger partial charge < -0.3 is 124 Å². The van der Waals surface area contributed by atoms with Crippen molar-refractivity contribution in [3.63, 3.8) is 0 Å². The van der Waals surface area contributed by atoms with Gasteiger partial charge in [0.2, 0.25) is 0 Å². The lowest BCUT2D eigenvalue weighted by atomic mass is 10.2. The van der Waals surface area contributed by atoms with E-state index in [1.165, 1.54) is 11.1 Å². The summed E-state index contributed by atoms with van der Waals surface area (Å²) in [5.41, 5.74) is 2.67. The minimum Gasteiger partial charge on any atom is -0.398 e. The van der Waals surface area contributed by atoms with Crippen molar-refractivity contribution >= 4 is 97.9 Å². The monoisotopic (exact) mass is 1910 g/mol. The van der Waals surface area contributed by atoms with E-state index in [1.54, 1.807) is 99.5 Å². The summed E-state index contributed by atoms with van der Waals surface area (Å²) in [6.07, 6.45) is 0. The van der Waals surface area contributed by atoms with Gasteiger partial charge in [0, 0.05) is 228 Å². The molecule has 0 saturated carbocycles. The molecular weight excluding hydrogens is 1740 g/mol. The molecule has 0 aliphatic rings. The molecule has 38 heteroatoms. The molecule has 2 unspecified atom stereocenters. The Hall–Kier alpha value is -2.07. The molecule has 0 aromatic heterocycles. The van der Waals surface area contributed by atoms with Crippen molar-refractivity contribution in [3.05, 3.63) is 132 Å². The SMILES string of the molecule is CCO[Si](C)(OCC)OCC.CCO[Si](CC)(CC)OCC.CCO[Si](CC)(OCC)OCC.CCO[Si](OCC)(OCC)C(C)c1ccccc1.CCO[Si](OCC)(OCC)c1ccccc1.CC[Si](CC)(OC)OC.CC[Si](OC)(OC)OC.CO[Si](C)(OC)OC.CO[Si](OC)(OC)C(C)c1ccccc1.CO[Si](OC)(OC)c1ccccc1. The summed E-state index contributed by atoms with van der Waals surface area (Å²) in [4.78, 5) is 0. The van der Waals surface area contributed by atoms with Crippen molar-refractivity contribution in [3.8, 4) is 0 Å². The van der Waals surface area contributed by atoms with Crippen molar-refractivity contribution in [2.45, 2.75) is 213 Å². The summed E-state index contributed by atoms with van der Waals surface area (Å²) in [6.45, 7) is 57.3. The summed E-state index contributed by atoms with van der Waals surface area (Å²) in [7, 11) is 0.00676. The van der Waals surface area contributed by atoms with Gasteiger partial charge in [-0.2, -0.15) is 0 Å². The van der Waals surface area contributed by atoms with Crippen molar-refractivity contribution in [2.75, 3.05) is 192 Å². The molecule has 0 saturated heterocycles. The fourth-order valence-corrected chi connectivity index (χ4v) is 31.1. The normalized spacial score (nSPS) is 12.4. The molecule has 0 radical (unpaired) electrons. The predicted molar refractivity (Wildman–Crippen MR) is 515 cm³/mol. The second kappa shape index (κ2) is 79.8. The quantitative estimate of drug-likeness (QED) is 0.0372. The van der Waals surface area contributed by atoms with Crippen molar-refractivity contribution in [1.29, 1.82) is 0 Å². The van der Waals surface area contributed by atoms with Gasteiger partial charge in [0.25, 0.3) is 0 Å². The summed E-state index contributed by atoms with van der Waals surface area (Å²) < 4.78 is 152. The Bertz CT molecular complexity index is 2680. The molecule has 0 amide bonds. The lowest BCUT2D eigenvalue weighted by Crippen LogP contribution is -2.56. The number of hydrogen-bond donors (Lipinski definition) is 0. The lowest BCUT2D eigenvalue weighted by Gasteiger charge is -2.33. The lowest BCUT2D eigenvalue weighted by molar-refractivity contribution is 0.0632. The van der Waals surface area contributed by atoms with Crippen LogP contribution >= 0.6 is 0 Å². The molecule has 0 N–H and O–H groups in total. The highest BCUT2D eigenvalue weighted by atomic mass is 28.4.